The summed E-state index contributed by atoms with van der Waals surface area (Å²) in [6.07, 6.45) is 3.21. The molecule has 2 N–H and O–H groups in total. The summed E-state index contributed by atoms with van der Waals surface area (Å²) in [5.41, 5.74) is 3.80. The maximum atomic E-state index is 6.30. The van der Waals surface area contributed by atoms with Gasteiger partial charge in [0.25, 0.3) is 0 Å². The molecule has 0 unspecified atom stereocenters. The second kappa shape index (κ2) is 11.8. The highest BCUT2D eigenvalue weighted by Crippen LogP contribution is 2.26. The first-order valence-corrected chi connectivity index (χ1v) is 12.7. The molecule has 1 aromatic heterocycles. The van der Waals surface area contributed by atoms with Gasteiger partial charge in [0, 0.05) is 29.5 Å². The van der Waals surface area contributed by atoms with Gasteiger partial charge in [0.15, 0.2) is 0 Å². The molecule has 0 radical (unpaired) electrons. The number of anilines is 2. The molecule has 9 heteroatoms. The number of aryl methyl sites for hydroxylation is 2. The third-order valence-electron chi connectivity index (χ3n) is 5.87. The highest BCUT2D eigenvalue weighted by Gasteiger charge is 2.23. The van der Waals surface area contributed by atoms with Crippen LogP contribution in [0.25, 0.3) is 0 Å². The lowest BCUT2D eigenvalue weighted by atomic mass is 9.90. The number of piperidine rings is 1. The van der Waals surface area contributed by atoms with E-state index in [-0.39, 0.29) is 5.11 Å². The Kier molecular flexibility index (Phi) is 8.55. The summed E-state index contributed by atoms with van der Waals surface area (Å²) >= 11 is 17.9. The number of halogens is 2. The molecule has 0 atom stereocenters. The van der Waals surface area contributed by atoms with E-state index < -0.39 is 0 Å². The summed E-state index contributed by atoms with van der Waals surface area (Å²) in [5.74, 6) is 1.75. The van der Waals surface area contributed by atoms with E-state index in [0.29, 0.717) is 33.6 Å². The van der Waals surface area contributed by atoms with Crippen LogP contribution in [-0.4, -0.2) is 39.0 Å². The minimum Gasteiger partial charge on any atom is -0.342 e. The highest BCUT2D eigenvalue weighted by atomic mass is 35.5. The van der Waals surface area contributed by atoms with E-state index in [9.17, 15) is 0 Å². The molecule has 1 aliphatic rings. The van der Waals surface area contributed by atoms with Crippen LogP contribution < -0.4 is 10.6 Å². The minimum atomic E-state index is 0.285. The molecular weight excluding hydrogens is 499 g/mol. The monoisotopic (exact) mass is 526 g/mol. The van der Waals surface area contributed by atoms with Crippen molar-refractivity contribution in [1.29, 1.82) is 0 Å². The van der Waals surface area contributed by atoms with Gasteiger partial charge in [-0.25, -0.2) is 9.97 Å². The van der Waals surface area contributed by atoms with Gasteiger partial charge in [0.05, 0.1) is 10.7 Å². The molecular formula is C26H28Cl2N6S. The van der Waals surface area contributed by atoms with E-state index in [0.717, 1.165) is 43.7 Å². The number of rotatable bonds is 4. The van der Waals surface area contributed by atoms with Crippen molar-refractivity contribution in [2.75, 3.05) is 23.7 Å². The number of guanidine groups is 1. The van der Waals surface area contributed by atoms with Gasteiger partial charge >= 0.3 is 0 Å². The van der Waals surface area contributed by atoms with E-state index in [4.69, 9.17) is 40.4 Å². The smallest absolute Gasteiger partial charge is 0.229 e. The molecule has 182 valence electrons. The van der Waals surface area contributed by atoms with Crippen molar-refractivity contribution in [3.8, 4) is 0 Å². The lowest BCUT2D eigenvalue weighted by Gasteiger charge is -2.34. The largest absolute Gasteiger partial charge is 0.342 e. The van der Waals surface area contributed by atoms with E-state index >= 15 is 0 Å². The van der Waals surface area contributed by atoms with Crippen molar-refractivity contribution >= 4 is 58.1 Å². The first kappa shape index (κ1) is 25.4. The van der Waals surface area contributed by atoms with Crippen LogP contribution >= 0.6 is 35.4 Å². The molecule has 35 heavy (non-hydrogen) atoms. The summed E-state index contributed by atoms with van der Waals surface area (Å²) in [6.45, 7) is 5.61. The van der Waals surface area contributed by atoms with E-state index in [1.54, 1.807) is 18.2 Å². The summed E-state index contributed by atoms with van der Waals surface area (Å²) in [4.78, 5) is 16.0. The van der Waals surface area contributed by atoms with Crippen LogP contribution in [0.4, 0.5) is 11.6 Å². The van der Waals surface area contributed by atoms with Crippen LogP contribution in [0.1, 0.15) is 29.8 Å². The Morgan fingerprint density at radius 3 is 2.34 bits per heavy atom. The van der Waals surface area contributed by atoms with E-state index in [1.807, 2.05) is 19.9 Å². The number of thiocarbonyl (C=S) groups is 1. The molecule has 0 bridgehead atoms. The number of aromatic nitrogens is 2. The zero-order chi connectivity index (χ0) is 24.8. The van der Waals surface area contributed by atoms with Gasteiger partial charge in [0.2, 0.25) is 17.0 Å². The van der Waals surface area contributed by atoms with Crippen molar-refractivity contribution in [2.24, 2.45) is 10.9 Å². The Morgan fingerprint density at radius 2 is 1.69 bits per heavy atom. The Bertz CT molecular complexity index is 1190. The number of hydrogen-bond donors (Lipinski definition) is 2. The number of nitrogens with zero attached hydrogens (tertiary/aromatic N) is 4. The molecule has 2 heterocycles. The molecule has 1 saturated heterocycles. The van der Waals surface area contributed by atoms with Crippen molar-refractivity contribution in [2.45, 2.75) is 33.1 Å². The Balaban J connectivity index is 1.50. The zero-order valence-electron chi connectivity index (χ0n) is 19.8. The Hall–Kier alpha value is -2.74. The maximum absolute atomic E-state index is 6.30. The second-order valence-corrected chi connectivity index (χ2v) is 9.94. The maximum Gasteiger partial charge on any atom is 0.229 e. The normalized spacial score (nSPS) is 14.6. The third-order valence-corrected chi connectivity index (χ3v) is 6.61. The van der Waals surface area contributed by atoms with Crippen LogP contribution in [0.5, 0.6) is 0 Å². The molecule has 2 aromatic carbocycles. The standard InChI is InChI=1S/C26H28Cl2N6S/c1-17-14-18(2)30-24(29-17)32-25(33-26(35)31-23-9-8-21(27)16-22(23)28)34-12-10-20(11-13-34)15-19-6-4-3-5-7-19/h3-9,14,16,20H,10-13,15H2,1-2H3,(H2,29,30,31,32,33,35). The van der Waals surface area contributed by atoms with E-state index in [2.05, 4.69) is 55.8 Å². The fourth-order valence-electron chi connectivity index (χ4n) is 4.19. The fraction of sp³-hybridized carbons (Fsp3) is 0.308. The second-order valence-electron chi connectivity index (χ2n) is 8.71. The van der Waals surface area contributed by atoms with Crippen molar-refractivity contribution in [3.63, 3.8) is 0 Å². The van der Waals surface area contributed by atoms with Gasteiger partial charge in [-0.2, -0.15) is 4.99 Å². The molecule has 0 amide bonds. The number of benzene rings is 2. The molecule has 4 rings (SSSR count). The molecule has 1 fully saturated rings. The zero-order valence-corrected chi connectivity index (χ0v) is 22.1. The summed E-state index contributed by atoms with van der Waals surface area (Å²) in [5, 5.41) is 7.73. The van der Waals surface area contributed by atoms with Gasteiger partial charge in [-0.05, 0) is 81.1 Å². The van der Waals surface area contributed by atoms with Crippen LogP contribution in [0.2, 0.25) is 10.0 Å². The van der Waals surface area contributed by atoms with Gasteiger partial charge in [-0.15, -0.1) is 0 Å². The predicted octanol–water partition coefficient (Wildman–Crippen LogP) is 6.52. The van der Waals surface area contributed by atoms with E-state index in [1.165, 1.54) is 5.56 Å². The van der Waals surface area contributed by atoms with Crippen molar-refractivity contribution in [3.05, 3.63) is 81.6 Å². The summed E-state index contributed by atoms with van der Waals surface area (Å²) in [6, 6.07) is 17.8. The third kappa shape index (κ3) is 7.37. The molecule has 0 aliphatic carbocycles. The minimum absolute atomic E-state index is 0.285. The Labute approximate surface area is 221 Å². The highest BCUT2D eigenvalue weighted by molar-refractivity contribution is 7.80. The first-order valence-electron chi connectivity index (χ1n) is 11.6. The van der Waals surface area contributed by atoms with Gasteiger partial charge in [-0.3, -0.25) is 5.32 Å². The first-order chi connectivity index (χ1) is 16.9. The molecule has 0 saturated carbocycles. The van der Waals surface area contributed by atoms with Crippen LogP contribution in [-0.2, 0) is 6.42 Å². The van der Waals surface area contributed by atoms with Gasteiger partial charge in [0.1, 0.15) is 0 Å². The van der Waals surface area contributed by atoms with Crippen LogP contribution in [0.3, 0.4) is 0 Å². The fourth-order valence-corrected chi connectivity index (χ4v) is 4.84. The predicted molar refractivity (Wildman–Crippen MR) is 150 cm³/mol. The number of aliphatic imine (C=N–C) groups is 1. The van der Waals surface area contributed by atoms with Crippen LogP contribution in [0.15, 0.2) is 59.6 Å². The topological polar surface area (TPSA) is 65.4 Å². The molecule has 1 aliphatic heterocycles. The number of hydrogen-bond acceptors (Lipinski definition) is 3. The lowest BCUT2D eigenvalue weighted by molar-refractivity contribution is 0.265. The van der Waals surface area contributed by atoms with Gasteiger partial charge < -0.3 is 10.2 Å². The quantitative estimate of drug-likeness (QED) is 0.229. The molecule has 6 nitrogen and oxygen atoms in total. The van der Waals surface area contributed by atoms with Crippen LogP contribution in [0, 0.1) is 19.8 Å². The SMILES string of the molecule is Cc1cc(C)nc(N/C(=N/C(=S)Nc2ccc(Cl)cc2Cl)N2CCC(Cc3ccccc3)CC2)n1. The van der Waals surface area contributed by atoms with Crippen molar-refractivity contribution < 1.29 is 0 Å². The van der Waals surface area contributed by atoms with Crippen molar-refractivity contribution in [1.82, 2.24) is 14.9 Å². The average molecular weight is 528 g/mol. The average Bonchev–Trinajstić information content (AvgIpc) is 2.81. The summed E-state index contributed by atoms with van der Waals surface area (Å²) < 4.78 is 0. The summed E-state index contributed by atoms with van der Waals surface area (Å²) in [7, 11) is 0. The lowest BCUT2D eigenvalue weighted by Crippen LogP contribution is -2.43. The molecule has 3 aromatic rings. The molecule has 0 spiro atoms. The number of nitrogens with one attached hydrogen (secondary N) is 2. The number of likely N-dealkylation sites (tertiary alicyclic amines) is 1. The van der Waals surface area contributed by atoms with Gasteiger partial charge in [-0.1, -0.05) is 53.5 Å². The Morgan fingerprint density at radius 1 is 1.00 bits per heavy atom.